The highest BCUT2D eigenvalue weighted by Crippen LogP contribution is 2.30. The summed E-state index contributed by atoms with van der Waals surface area (Å²) in [5.41, 5.74) is 3.42. The minimum Gasteiger partial charge on any atom is -0.468 e. The Balaban J connectivity index is 1.57. The zero-order valence-electron chi connectivity index (χ0n) is 17.3. The first-order chi connectivity index (χ1) is 14.5. The number of anilines is 2. The minimum absolute atomic E-state index is 0.114. The van der Waals surface area contributed by atoms with Crippen LogP contribution in [0, 0.1) is 0 Å². The van der Waals surface area contributed by atoms with E-state index < -0.39 is 11.9 Å². The number of carbonyl (C=O) groups is 3. The number of aryl methyl sites for hydroxylation is 1. The highest BCUT2D eigenvalue weighted by molar-refractivity contribution is 5.98. The molecule has 0 saturated heterocycles. The lowest BCUT2D eigenvalue weighted by Crippen LogP contribution is -2.39. The molecule has 0 spiro atoms. The van der Waals surface area contributed by atoms with Gasteiger partial charge in [-0.25, -0.2) is 0 Å². The molecule has 30 heavy (non-hydrogen) atoms. The Morgan fingerprint density at radius 3 is 2.73 bits per heavy atom. The highest BCUT2D eigenvalue weighted by Gasteiger charge is 2.23. The Kier molecular flexibility index (Phi) is 7.06. The van der Waals surface area contributed by atoms with Crippen LogP contribution in [-0.4, -0.2) is 44.0 Å². The van der Waals surface area contributed by atoms with E-state index in [0.717, 1.165) is 12.8 Å². The molecule has 0 aliphatic carbocycles. The molecule has 2 N–H and O–H groups in total. The van der Waals surface area contributed by atoms with Gasteiger partial charge in [-0.2, -0.15) is 0 Å². The molecule has 2 amide bonds. The van der Waals surface area contributed by atoms with Crippen molar-refractivity contribution < 1.29 is 19.1 Å². The Bertz CT molecular complexity index is 928. The maximum Gasteiger partial charge on any atom is 0.325 e. The van der Waals surface area contributed by atoms with Crippen LogP contribution in [0.25, 0.3) is 0 Å². The molecule has 2 aromatic rings. The van der Waals surface area contributed by atoms with Crippen LogP contribution in [0.1, 0.15) is 35.7 Å². The molecule has 0 radical (unpaired) electrons. The second kappa shape index (κ2) is 9.91. The van der Waals surface area contributed by atoms with E-state index in [1.807, 2.05) is 12.1 Å². The summed E-state index contributed by atoms with van der Waals surface area (Å²) < 4.78 is 4.50. The largest absolute Gasteiger partial charge is 0.468 e. The van der Waals surface area contributed by atoms with Crippen LogP contribution in [0.2, 0.25) is 0 Å². The van der Waals surface area contributed by atoms with Gasteiger partial charge in [0.1, 0.15) is 6.54 Å². The summed E-state index contributed by atoms with van der Waals surface area (Å²) >= 11 is 0. The molecule has 1 heterocycles. The number of methoxy groups -OCH3 is 1. The molecule has 0 saturated carbocycles. The molecule has 3 rings (SSSR count). The standard InChI is InChI=1S/C23H27N3O4/c1-16-10-11-17-6-3-4-9-20(17)26(16)13-12-21(27)25-19-8-5-7-18(14-19)23(29)24-15-22(28)30-2/h3-9,14,16H,10-13,15H2,1-2H3,(H,24,29)(H,25,27)/t16-/m0/s1. The summed E-state index contributed by atoms with van der Waals surface area (Å²) in [7, 11) is 1.26. The average molecular weight is 409 g/mol. The van der Waals surface area contributed by atoms with Crippen molar-refractivity contribution in [2.75, 3.05) is 30.4 Å². The van der Waals surface area contributed by atoms with Crippen LogP contribution >= 0.6 is 0 Å². The number of rotatable bonds is 7. The molecule has 158 valence electrons. The van der Waals surface area contributed by atoms with Gasteiger partial charge in [0.2, 0.25) is 5.91 Å². The van der Waals surface area contributed by atoms with E-state index in [9.17, 15) is 14.4 Å². The SMILES string of the molecule is COC(=O)CNC(=O)c1cccc(NC(=O)CCN2c3ccccc3CC[C@@H]2C)c1. The van der Waals surface area contributed by atoms with Gasteiger partial charge < -0.3 is 20.3 Å². The number of hydrogen-bond donors (Lipinski definition) is 2. The van der Waals surface area contributed by atoms with Gasteiger partial charge in [0.05, 0.1) is 7.11 Å². The monoisotopic (exact) mass is 409 g/mol. The van der Waals surface area contributed by atoms with Gasteiger partial charge >= 0.3 is 5.97 Å². The molecule has 1 aliphatic rings. The van der Waals surface area contributed by atoms with E-state index in [4.69, 9.17) is 0 Å². The molecule has 1 aliphatic heterocycles. The van der Waals surface area contributed by atoms with E-state index >= 15 is 0 Å². The van der Waals surface area contributed by atoms with E-state index in [-0.39, 0.29) is 12.5 Å². The number of hydrogen-bond acceptors (Lipinski definition) is 5. The summed E-state index contributed by atoms with van der Waals surface area (Å²) in [6.45, 7) is 2.61. The first kappa shape index (κ1) is 21.4. The van der Waals surface area contributed by atoms with Crippen molar-refractivity contribution in [1.82, 2.24) is 5.32 Å². The second-order valence-electron chi connectivity index (χ2n) is 7.35. The smallest absolute Gasteiger partial charge is 0.325 e. The normalized spacial score (nSPS) is 15.1. The molecule has 0 fully saturated rings. The fourth-order valence-electron chi connectivity index (χ4n) is 3.61. The van der Waals surface area contributed by atoms with Gasteiger partial charge in [0.25, 0.3) is 5.91 Å². The summed E-state index contributed by atoms with van der Waals surface area (Å²) in [6.07, 6.45) is 2.48. The maximum atomic E-state index is 12.5. The second-order valence-corrected chi connectivity index (χ2v) is 7.35. The van der Waals surface area contributed by atoms with Crippen LogP contribution in [0.5, 0.6) is 0 Å². The number of carbonyl (C=O) groups excluding carboxylic acids is 3. The van der Waals surface area contributed by atoms with Gasteiger partial charge in [-0.05, 0) is 49.6 Å². The van der Waals surface area contributed by atoms with Crippen molar-refractivity contribution in [2.45, 2.75) is 32.2 Å². The fourth-order valence-corrected chi connectivity index (χ4v) is 3.61. The quantitative estimate of drug-likeness (QED) is 0.687. The molecule has 0 aromatic heterocycles. The molecule has 1 atom stereocenters. The number of benzene rings is 2. The van der Waals surface area contributed by atoms with Crippen LogP contribution in [-0.2, 0) is 20.7 Å². The summed E-state index contributed by atoms with van der Waals surface area (Å²) in [4.78, 5) is 38.1. The molecule has 0 unspecified atom stereocenters. The number of esters is 1. The number of nitrogens with one attached hydrogen (secondary N) is 2. The van der Waals surface area contributed by atoms with E-state index in [0.29, 0.717) is 30.3 Å². The molecular weight excluding hydrogens is 382 g/mol. The molecular formula is C23H27N3O4. The van der Waals surface area contributed by atoms with Gasteiger partial charge in [0, 0.05) is 35.9 Å². The van der Waals surface area contributed by atoms with Crippen molar-refractivity contribution in [3.05, 3.63) is 59.7 Å². The predicted octanol–water partition coefficient (Wildman–Crippen LogP) is 2.76. The summed E-state index contributed by atoms with van der Waals surface area (Å²) in [5, 5.41) is 5.33. The molecule has 2 aromatic carbocycles. The lowest BCUT2D eigenvalue weighted by molar-refractivity contribution is -0.139. The molecule has 7 heteroatoms. The third-order valence-corrected chi connectivity index (χ3v) is 5.27. The zero-order valence-corrected chi connectivity index (χ0v) is 17.3. The van der Waals surface area contributed by atoms with Crippen molar-refractivity contribution in [1.29, 1.82) is 0 Å². The van der Waals surface area contributed by atoms with Gasteiger partial charge in [-0.1, -0.05) is 24.3 Å². The number of fused-ring (bicyclic) bond motifs is 1. The van der Waals surface area contributed by atoms with Gasteiger partial charge in [-0.3, -0.25) is 14.4 Å². The van der Waals surface area contributed by atoms with Crippen LogP contribution in [0.4, 0.5) is 11.4 Å². The minimum atomic E-state index is -0.527. The number of ether oxygens (including phenoxy) is 1. The summed E-state index contributed by atoms with van der Waals surface area (Å²) in [5.74, 6) is -1.05. The zero-order chi connectivity index (χ0) is 21.5. The first-order valence-electron chi connectivity index (χ1n) is 10.1. The van der Waals surface area contributed by atoms with Gasteiger partial charge in [-0.15, -0.1) is 0 Å². The third kappa shape index (κ3) is 5.37. The number of nitrogens with zero attached hydrogens (tertiary/aromatic N) is 1. The lowest BCUT2D eigenvalue weighted by atomic mass is 9.96. The van der Waals surface area contributed by atoms with Crippen molar-refractivity contribution >= 4 is 29.2 Å². The Labute approximate surface area is 176 Å². The Morgan fingerprint density at radius 1 is 1.13 bits per heavy atom. The number of para-hydroxylation sites is 1. The van der Waals surface area contributed by atoms with Crippen molar-refractivity contribution in [3.63, 3.8) is 0 Å². The molecule has 0 bridgehead atoms. The first-order valence-corrected chi connectivity index (χ1v) is 10.1. The van der Waals surface area contributed by atoms with E-state index in [1.54, 1.807) is 24.3 Å². The maximum absolute atomic E-state index is 12.5. The Hall–Kier alpha value is -3.35. The third-order valence-electron chi connectivity index (χ3n) is 5.27. The van der Waals surface area contributed by atoms with Crippen LogP contribution in [0.3, 0.4) is 0 Å². The van der Waals surface area contributed by atoms with E-state index in [2.05, 4.69) is 39.3 Å². The Morgan fingerprint density at radius 2 is 1.93 bits per heavy atom. The molecule has 7 nitrogen and oxygen atoms in total. The fraction of sp³-hybridized carbons (Fsp3) is 0.348. The van der Waals surface area contributed by atoms with Crippen LogP contribution < -0.4 is 15.5 Å². The average Bonchev–Trinajstić information content (AvgIpc) is 2.76. The lowest BCUT2D eigenvalue weighted by Gasteiger charge is -2.37. The topological polar surface area (TPSA) is 87.7 Å². The van der Waals surface area contributed by atoms with Gasteiger partial charge in [0.15, 0.2) is 0 Å². The van der Waals surface area contributed by atoms with Crippen molar-refractivity contribution in [3.8, 4) is 0 Å². The summed E-state index contributed by atoms with van der Waals surface area (Å²) in [6, 6.07) is 15.3. The van der Waals surface area contributed by atoms with E-state index in [1.165, 1.54) is 18.4 Å². The van der Waals surface area contributed by atoms with Crippen LogP contribution in [0.15, 0.2) is 48.5 Å². The predicted molar refractivity (Wildman–Crippen MR) is 116 cm³/mol. The number of amides is 2. The van der Waals surface area contributed by atoms with Crippen molar-refractivity contribution in [2.24, 2.45) is 0 Å². The highest BCUT2D eigenvalue weighted by atomic mass is 16.5.